The fourth-order valence-corrected chi connectivity index (χ4v) is 2.79. The first kappa shape index (κ1) is 14.6. The number of amides is 1. The van der Waals surface area contributed by atoms with Gasteiger partial charge in [0.15, 0.2) is 0 Å². The quantitative estimate of drug-likeness (QED) is 0.918. The number of carbonyl (C=O) groups excluding carboxylic acids is 1. The Bertz CT molecular complexity index is 660. The molecular formula is C19H22N2O. The first-order valence-electron chi connectivity index (χ1n) is 7.72. The summed E-state index contributed by atoms with van der Waals surface area (Å²) >= 11 is 0. The lowest BCUT2D eigenvalue weighted by Gasteiger charge is -2.17. The van der Waals surface area contributed by atoms with Gasteiger partial charge in [-0.05, 0) is 36.6 Å². The molecule has 2 aromatic carbocycles. The van der Waals surface area contributed by atoms with Crippen LogP contribution >= 0.6 is 0 Å². The van der Waals surface area contributed by atoms with Gasteiger partial charge in [0.25, 0.3) is 5.91 Å². The van der Waals surface area contributed by atoms with Crippen LogP contribution in [0, 0.1) is 0 Å². The Morgan fingerprint density at radius 3 is 2.45 bits per heavy atom. The van der Waals surface area contributed by atoms with Crippen LogP contribution in [0.4, 0.5) is 5.69 Å². The number of nitrogens with zero attached hydrogens (tertiary/aromatic N) is 1. The molecule has 1 aliphatic carbocycles. The summed E-state index contributed by atoms with van der Waals surface area (Å²) in [7, 11) is 3.96. The smallest absolute Gasteiger partial charge is 0.251 e. The third-order valence-corrected chi connectivity index (χ3v) is 4.45. The largest absolute Gasteiger partial charge is 0.378 e. The van der Waals surface area contributed by atoms with Gasteiger partial charge in [0.2, 0.25) is 0 Å². The molecule has 0 radical (unpaired) electrons. The van der Waals surface area contributed by atoms with E-state index in [4.69, 9.17) is 0 Å². The molecule has 0 spiro atoms. The highest BCUT2D eigenvalue weighted by Gasteiger charge is 2.44. The maximum Gasteiger partial charge on any atom is 0.251 e. The van der Waals surface area contributed by atoms with Crippen molar-refractivity contribution < 1.29 is 4.79 Å². The normalized spacial score (nSPS) is 15.2. The van der Waals surface area contributed by atoms with Crippen molar-refractivity contribution >= 4 is 11.6 Å². The van der Waals surface area contributed by atoms with E-state index < -0.39 is 0 Å². The standard InChI is InChI=1S/C19H22N2O/c1-21(2)17-10-6-7-15(13-17)18(22)20-14-19(11-12-19)16-8-4-3-5-9-16/h3-10,13H,11-12,14H2,1-2H3,(H,20,22). The molecule has 3 rings (SSSR count). The molecule has 2 aromatic rings. The molecule has 1 aliphatic rings. The number of benzene rings is 2. The zero-order chi connectivity index (χ0) is 15.6. The van der Waals surface area contributed by atoms with E-state index in [2.05, 4.69) is 29.6 Å². The van der Waals surface area contributed by atoms with Gasteiger partial charge in [0.05, 0.1) is 0 Å². The van der Waals surface area contributed by atoms with Crippen LogP contribution in [0.15, 0.2) is 54.6 Å². The molecule has 0 unspecified atom stereocenters. The van der Waals surface area contributed by atoms with Crippen LogP contribution in [0.25, 0.3) is 0 Å². The highest BCUT2D eigenvalue weighted by Crippen LogP contribution is 2.47. The summed E-state index contributed by atoms with van der Waals surface area (Å²) in [6.07, 6.45) is 2.30. The number of nitrogens with one attached hydrogen (secondary N) is 1. The lowest BCUT2D eigenvalue weighted by Crippen LogP contribution is -2.32. The zero-order valence-corrected chi connectivity index (χ0v) is 13.2. The first-order chi connectivity index (χ1) is 10.6. The van der Waals surface area contributed by atoms with Crippen LogP contribution in [0.1, 0.15) is 28.8 Å². The van der Waals surface area contributed by atoms with Gasteiger partial charge in [-0.3, -0.25) is 4.79 Å². The molecule has 0 bridgehead atoms. The minimum absolute atomic E-state index is 0.00547. The van der Waals surface area contributed by atoms with Crippen molar-refractivity contribution in [3.63, 3.8) is 0 Å². The van der Waals surface area contributed by atoms with E-state index in [-0.39, 0.29) is 11.3 Å². The van der Waals surface area contributed by atoms with E-state index in [1.54, 1.807) is 0 Å². The summed E-state index contributed by atoms with van der Waals surface area (Å²) in [5, 5.41) is 3.11. The van der Waals surface area contributed by atoms with Crippen LogP contribution in [-0.4, -0.2) is 26.5 Å². The summed E-state index contributed by atoms with van der Waals surface area (Å²) in [6, 6.07) is 18.2. The van der Waals surface area contributed by atoms with E-state index in [1.165, 1.54) is 5.56 Å². The third-order valence-electron chi connectivity index (χ3n) is 4.45. The number of hydrogen-bond donors (Lipinski definition) is 1. The summed E-state index contributed by atoms with van der Waals surface area (Å²) in [5.74, 6) is 0.00547. The van der Waals surface area contributed by atoms with Gasteiger partial charge in [-0.15, -0.1) is 0 Å². The Hall–Kier alpha value is -2.29. The average molecular weight is 294 g/mol. The molecule has 22 heavy (non-hydrogen) atoms. The number of carbonyl (C=O) groups is 1. The van der Waals surface area contributed by atoms with E-state index in [0.29, 0.717) is 6.54 Å². The van der Waals surface area contributed by atoms with Gasteiger partial charge >= 0.3 is 0 Å². The van der Waals surface area contributed by atoms with Crippen LogP contribution < -0.4 is 10.2 Å². The van der Waals surface area contributed by atoms with Gasteiger partial charge < -0.3 is 10.2 Å². The number of anilines is 1. The van der Waals surface area contributed by atoms with Crippen molar-refractivity contribution in [2.75, 3.05) is 25.5 Å². The lowest BCUT2D eigenvalue weighted by atomic mass is 9.96. The number of rotatable bonds is 5. The van der Waals surface area contributed by atoms with Crippen molar-refractivity contribution in [3.8, 4) is 0 Å². The summed E-state index contributed by atoms with van der Waals surface area (Å²) < 4.78 is 0. The molecule has 0 aliphatic heterocycles. The minimum Gasteiger partial charge on any atom is -0.378 e. The molecule has 0 heterocycles. The van der Waals surface area contributed by atoms with Crippen molar-refractivity contribution in [2.45, 2.75) is 18.3 Å². The maximum absolute atomic E-state index is 12.4. The van der Waals surface area contributed by atoms with Crippen molar-refractivity contribution in [1.82, 2.24) is 5.32 Å². The first-order valence-corrected chi connectivity index (χ1v) is 7.72. The van der Waals surface area contributed by atoms with E-state index in [1.807, 2.05) is 49.3 Å². The SMILES string of the molecule is CN(C)c1cccc(C(=O)NCC2(c3ccccc3)CC2)c1. The van der Waals surface area contributed by atoms with Crippen LogP contribution in [0.2, 0.25) is 0 Å². The molecular weight excluding hydrogens is 272 g/mol. The highest BCUT2D eigenvalue weighted by atomic mass is 16.1. The number of hydrogen-bond acceptors (Lipinski definition) is 2. The molecule has 114 valence electrons. The Balaban J connectivity index is 1.67. The average Bonchev–Trinajstić information content (AvgIpc) is 3.35. The van der Waals surface area contributed by atoms with Crippen molar-refractivity contribution in [2.24, 2.45) is 0 Å². The third kappa shape index (κ3) is 2.98. The Morgan fingerprint density at radius 1 is 1.09 bits per heavy atom. The Morgan fingerprint density at radius 2 is 1.82 bits per heavy atom. The predicted molar refractivity (Wildman–Crippen MR) is 90.5 cm³/mol. The maximum atomic E-state index is 12.4. The Labute approximate surface area is 132 Å². The van der Waals surface area contributed by atoms with Crippen molar-refractivity contribution in [3.05, 3.63) is 65.7 Å². The van der Waals surface area contributed by atoms with Gasteiger partial charge in [0.1, 0.15) is 0 Å². The van der Waals surface area contributed by atoms with E-state index in [0.717, 1.165) is 24.1 Å². The highest BCUT2D eigenvalue weighted by molar-refractivity contribution is 5.95. The fraction of sp³-hybridized carbons (Fsp3) is 0.316. The molecule has 0 aromatic heterocycles. The molecule has 0 atom stereocenters. The lowest BCUT2D eigenvalue weighted by molar-refractivity contribution is 0.0949. The van der Waals surface area contributed by atoms with Gasteiger partial charge in [0, 0.05) is 37.3 Å². The second-order valence-corrected chi connectivity index (χ2v) is 6.27. The molecule has 1 N–H and O–H groups in total. The molecule has 1 saturated carbocycles. The van der Waals surface area contributed by atoms with Crippen LogP contribution in [0.5, 0.6) is 0 Å². The van der Waals surface area contributed by atoms with Gasteiger partial charge in [-0.25, -0.2) is 0 Å². The fourth-order valence-electron chi connectivity index (χ4n) is 2.79. The summed E-state index contributed by atoms with van der Waals surface area (Å²) in [5.41, 5.74) is 3.24. The minimum atomic E-state index is 0.00547. The summed E-state index contributed by atoms with van der Waals surface area (Å²) in [6.45, 7) is 0.710. The van der Waals surface area contributed by atoms with E-state index in [9.17, 15) is 4.79 Å². The predicted octanol–water partition coefficient (Wildman–Crippen LogP) is 3.21. The van der Waals surface area contributed by atoms with Crippen LogP contribution in [0.3, 0.4) is 0 Å². The van der Waals surface area contributed by atoms with Gasteiger partial charge in [-0.2, -0.15) is 0 Å². The monoisotopic (exact) mass is 294 g/mol. The summed E-state index contributed by atoms with van der Waals surface area (Å²) in [4.78, 5) is 14.4. The van der Waals surface area contributed by atoms with Crippen LogP contribution in [-0.2, 0) is 5.41 Å². The Kier molecular flexibility index (Phi) is 3.88. The van der Waals surface area contributed by atoms with Crippen molar-refractivity contribution in [1.29, 1.82) is 0 Å². The molecule has 0 saturated heterocycles. The molecule has 3 heteroatoms. The zero-order valence-electron chi connectivity index (χ0n) is 13.2. The second-order valence-electron chi connectivity index (χ2n) is 6.27. The molecule has 3 nitrogen and oxygen atoms in total. The topological polar surface area (TPSA) is 32.3 Å². The molecule has 1 amide bonds. The van der Waals surface area contributed by atoms with Gasteiger partial charge in [-0.1, -0.05) is 36.4 Å². The second kappa shape index (κ2) is 5.84. The molecule has 1 fully saturated rings. The van der Waals surface area contributed by atoms with E-state index >= 15 is 0 Å².